The summed E-state index contributed by atoms with van der Waals surface area (Å²) in [4.78, 5) is 36.1. The number of carbonyl (C=O) groups excluding carboxylic acids is 3. The Bertz CT molecular complexity index is 853. The molecule has 1 rings (SSSR count). The summed E-state index contributed by atoms with van der Waals surface area (Å²) in [6.45, 7) is 11.6. The van der Waals surface area contributed by atoms with E-state index in [0.717, 1.165) is 18.4 Å². The number of hydrogen-bond donors (Lipinski definition) is 2. The molecule has 34 heavy (non-hydrogen) atoms. The molecule has 0 unspecified atom stereocenters. The van der Waals surface area contributed by atoms with Gasteiger partial charge in [0.25, 0.3) is 0 Å². The number of unbranched alkanes of at least 4 members (excludes halogenated alkanes) is 2. The van der Waals surface area contributed by atoms with Crippen LogP contribution in [0.5, 0.6) is 0 Å². The first-order valence-corrected chi connectivity index (χ1v) is 14.8. The average molecular weight is 489 g/mol. The molecule has 0 bridgehead atoms. The Kier molecular flexibility index (Phi) is 12.4. The third-order valence-electron chi connectivity index (χ3n) is 5.97. The van der Waals surface area contributed by atoms with Gasteiger partial charge in [-0.25, -0.2) is 9.59 Å². The van der Waals surface area contributed by atoms with Crippen molar-refractivity contribution in [1.29, 1.82) is 0 Å². The normalized spacial score (nSPS) is 12.1. The highest BCUT2D eigenvalue weighted by molar-refractivity contribution is 6.87. The third-order valence-corrected chi connectivity index (χ3v) is 10.5. The molecule has 2 N–H and O–H groups in total. The topological polar surface area (TPSA) is 93.7 Å². The van der Waals surface area contributed by atoms with Gasteiger partial charge in [0.05, 0.1) is 7.11 Å². The summed E-state index contributed by atoms with van der Waals surface area (Å²) in [7, 11) is -0.480. The Morgan fingerprint density at radius 1 is 1.06 bits per heavy atom. The van der Waals surface area contributed by atoms with Crippen molar-refractivity contribution in [1.82, 2.24) is 10.6 Å². The van der Waals surface area contributed by atoms with E-state index in [2.05, 4.69) is 56.0 Å². The van der Waals surface area contributed by atoms with Crippen LogP contribution in [0.4, 0.5) is 4.79 Å². The summed E-state index contributed by atoms with van der Waals surface area (Å²) in [5.74, 6) is 2.41. The lowest BCUT2D eigenvalue weighted by atomic mass is 10.1. The molecule has 7 nitrogen and oxygen atoms in total. The quantitative estimate of drug-likeness (QED) is 0.206. The van der Waals surface area contributed by atoms with Crippen molar-refractivity contribution in [3.05, 3.63) is 35.9 Å². The highest BCUT2D eigenvalue weighted by atomic mass is 28.3. The van der Waals surface area contributed by atoms with Crippen LogP contribution < -0.4 is 10.6 Å². The SMILES string of the molecule is COC(=O)[C@@H](CC#C[Si](C)(C)C(C)(C)C)NC(=O)CCCCCNC(=O)OCc1ccccc1. The molecule has 0 aliphatic heterocycles. The molecule has 0 aliphatic rings. The smallest absolute Gasteiger partial charge is 0.407 e. The zero-order valence-electron chi connectivity index (χ0n) is 21.5. The van der Waals surface area contributed by atoms with Crippen molar-refractivity contribution >= 4 is 26.0 Å². The summed E-state index contributed by atoms with van der Waals surface area (Å²) >= 11 is 0. The van der Waals surface area contributed by atoms with Crippen LogP contribution in [0.3, 0.4) is 0 Å². The second kappa shape index (κ2) is 14.5. The zero-order chi connectivity index (χ0) is 25.6. The third kappa shape index (κ3) is 11.4. The lowest BCUT2D eigenvalue weighted by Crippen LogP contribution is -2.41. The number of carbonyl (C=O) groups is 3. The van der Waals surface area contributed by atoms with Crippen LogP contribution in [-0.4, -0.2) is 45.7 Å². The summed E-state index contributed by atoms with van der Waals surface area (Å²) in [6, 6.07) is 8.71. The maximum Gasteiger partial charge on any atom is 0.407 e. The second-order valence-corrected chi connectivity index (χ2v) is 14.8. The number of ether oxygens (including phenoxy) is 2. The van der Waals surface area contributed by atoms with E-state index in [1.807, 2.05) is 30.3 Å². The van der Waals surface area contributed by atoms with Gasteiger partial charge < -0.3 is 20.1 Å². The number of amides is 2. The minimum Gasteiger partial charge on any atom is -0.467 e. The molecule has 0 aromatic heterocycles. The molecule has 1 aromatic carbocycles. The molecular formula is C26H40N2O5Si. The van der Waals surface area contributed by atoms with Crippen LogP contribution in [0.25, 0.3) is 0 Å². The lowest BCUT2D eigenvalue weighted by molar-refractivity contribution is -0.144. The van der Waals surface area contributed by atoms with Crippen molar-refractivity contribution in [3.8, 4) is 11.5 Å². The van der Waals surface area contributed by atoms with E-state index in [-0.39, 0.29) is 24.0 Å². The van der Waals surface area contributed by atoms with Crippen molar-refractivity contribution in [2.45, 2.75) is 83.7 Å². The van der Waals surface area contributed by atoms with Crippen LogP contribution in [-0.2, 0) is 25.7 Å². The number of esters is 1. The van der Waals surface area contributed by atoms with Crippen molar-refractivity contribution in [2.24, 2.45) is 0 Å². The fourth-order valence-electron chi connectivity index (χ4n) is 2.72. The van der Waals surface area contributed by atoms with Gasteiger partial charge in [-0.05, 0) is 23.4 Å². The van der Waals surface area contributed by atoms with E-state index in [4.69, 9.17) is 9.47 Å². The van der Waals surface area contributed by atoms with Crippen molar-refractivity contribution in [3.63, 3.8) is 0 Å². The summed E-state index contributed by atoms with van der Waals surface area (Å²) in [5, 5.41) is 5.57. The van der Waals surface area contributed by atoms with Gasteiger partial charge in [0, 0.05) is 19.4 Å². The molecule has 0 fully saturated rings. The van der Waals surface area contributed by atoms with Crippen molar-refractivity contribution in [2.75, 3.05) is 13.7 Å². The van der Waals surface area contributed by atoms with E-state index >= 15 is 0 Å². The van der Waals surface area contributed by atoms with Crippen LogP contribution in [0.1, 0.15) is 58.4 Å². The number of benzene rings is 1. The average Bonchev–Trinajstić information content (AvgIpc) is 2.78. The van der Waals surface area contributed by atoms with E-state index < -0.39 is 26.2 Å². The number of alkyl carbamates (subject to hydrolysis) is 1. The van der Waals surface area contributed by atoms with Gasteiger partial charge in [0.1, 0.15) is 20.7 Å². The predicted octanol–water partition coefficient (Wildman–Crippen LogP) is 4.57. The highest BCUT2D eigenvalue weighted by Crippen LogP contribution is 2.35. The first kappa shape index (κ1) is 29.2. The Morgan fingerprint density at radius 3 is 2.35 bits per heavy atom. The van der Waals surface area contributed by atoms with Gasteiger partial charge in [0.2, 0.25) is 5.91 Å². The standard InChI is InChI=1S/C26H40N2O5Si/c1-26(2,3)34(5,6)19-13-16-22(24(30)32-4)28-23(29)17-11-8-12-18-27-25(31)33-20-21-14-9-7-10-15-21/h7,9-10,14-15,22H,8,11-12,16-18,20H2,1-6H3,(H,27,31)(H,28,29)/t22-/m1/s1. The van der Waals surface area contributed by atoms with Gasteiger partial charge >= 0.3 is 12.1 Å². The van der Waals surface area contributed by atoms with Crippen LogP contribution in [0.2, 0.25) is 18.1 Å². The summed E-state index contributed by atoms with van der Waals surface area (Å²) in [6.07, 6.45) is 2.21. The molecule has 0 saturated carbocycles. The molecule has 0 spiro atoms. The Balaban J connectivity index is 2.30. The first-order valence-electron chi connectivity index (χ1n) is 11.8. The molecule has 1 aromatic rings. The molecule has 0 heterocycles. The van der Waals surface area contributed by atoms with E-state index in [9.17, 15) is 14.4 Å². The molecule has 0 aliphatic carbocycles. The Labute approximate surface area is 205 Å². The van der Waals surface area contributed by atoms with Gasteiger partial charge in [-0.1, -0.05) is 70.6 Å². The predicted molar refractivity (Wildman–Crippen MR) is 137 cm³/mol. The van der Waals surface area contributed by atoms with Crippen LogP contribution in [0.15, 0.2) is 30.3 Å². The van der Waals surface area contributed by atoms with E-state index in [1.54, 1.807) is 0 Å². The van der Waals surface area contributed by atoms with Gasteiger partial charge in [-0.3, -0.25) is 4.79 Å². The number of methoxy groups -OCH3 is 1. The van der Waals surface area contributed by atoms with Crippen molar-refractivity contribution < 1.29 is 23.9 Å². The number of nitrogens with one attached hydrogen (secondary N) is 2. The molecule has 188 valence electrons. The molecule has 1 atom stereocenters. The molecule has 0 radical (unpaired) electrons. The Morgan fingerprint density at radius 2 is 1.74 bits per heavy atom. The van der Waals surface area contributed by atoms with Crippen LogP contribution >= 0.6 is 0 Å². The molecule has 8 heteroatoms. The fraction of sp³-hybridized carbons (Fsp3) is 0.577. The van der Waals surface area contributed by atoms with Crippen LogP contribution in [0, 0.1) is 11.5 Å². The van der Waals surface area contributed by atoms with Gasteiger partial charge in [-0.15, -0.1) is 11.5 Å². The highest BCUT2D eigenvalue weighted by Gasteiger charge is 2.33. The monoisotopic (exact) mass is 488 g/mol. The second-order valence-electron chi connectivity index (χ2n) is 9.82. The molecule has 2 amide bonds. The van der Waals surface area contributed by atoms with E-state index in [0.29, 0.717) is 19.4 Å². The first-order chi connectivity index (χ1) is 16.0. The largest absolute Gasteiger partial charge is 0.467 e. The minimum atomic E-state index is -1.79. The number of hydrogen-bond acceptors (Lipinski definition) is 5. The minimum absolute atomic E-state index is 0.123. The molecule has 0 saturated heterocycles. The summed E-state index contributed by atoms with van der Waals surface area (Å²) in [5.41, 5.74) is 4.29. The fourth-order valence-corrected chi connectivity index (χ4v) is 3.63. The van der Waals surface area contributed by atoms with Gasteiger partial charge in [0.15, 0.2) is 0 Å². The maximum absolute atomic E-state index is 12.3. The van der Waals surface area contributed by atoms with E-state index in [1.165, 1.54) is 7.11 Å². The summed E-state index contributed by atoms with van der Waals surface area (Å²) < 4.78 is 9.98. The lowest BCUT2D eigenvalue weighted by Gasteiger charge is -2.31. The zero-order valence-corrected chi connectivity index (χ0v) is 22.5. The maximum atomic E-state index is 12.3. The Hall–Kier alpha value is -2.79. The molecular weight excluding hydrogens is 448 g/mol. The van der Waals surface area contributed by atoms with Gasteiger partial charge in [-0.2, -0.15) is 0 Å². The number of rotatable bonds is 11.